The van der Waals surface area contributed by atoms with Crippen LogP contribution in [0.25, 0.3) is 11.1 Å². The number of benzene rings is 2. The molecule has 2 nitrogen and oxygen atoms in total. The lowest BCUT2D eigenvalue weighted by Gasteiger charge is -2.26. The second-order valence-electron chi connectivity index (χ2n) is 5.67. The minimum absolute atomic E-state index is 0.203. The molecule has 0 aliphatic carbocycles. The molecule has 4 rings (SSSR count). The van der Waals surface area contributed by atoms with Crippen LogP contribution in [-0.4, -0.2) is 11.5 Å². The Bertz CT molecular complexity index is 763. The van der Waals surface area contributed by atoms with Crippen molar-refractivity contribution in [3.8, 4) is 11.1 Å². The molecule has 2 heterocycles. The van der Waals surface area contributed by atoms with Crippen molar-refractivity contribution in [1.29, 1.82) is 0 Å². The number of hydrogen-bond acceptors (Lipinski definition) is 2. The Morgan fingerprint density at radius 2 is 1.59 bits per heavy atom. The second-order valence-corrected chi connectivity index (χ2v) is 5.67. The molecule has 3 aromatic rings. The third-order valence-corrected chi connectivity index (χ3v) is 4.29. The van der Waals surface area contributed by atoms with Gasteiger partial charge in [-0.25, -0.2) is 0 Å². The van der Waals surface area contributed by atoms with Crippen LogP contribution in [-0.2, 0) is 6.42 Å². The van der Waals surface area contributed by atoms with Crippen LogP contribution in [0.5, 0.6) is 0 Å². The first-order valence-corrected chi connectivity index (χ1v) is 7.74. The first-order valence-electron chi connectivity index (χ1n) is 7.74. The molecule has 2 heteroatoms. The molecule has 1 aromatic heterocycles. The molecular weight excluding hydrogens is 268 g/mol. The highest BCUT2D eigenvalue weighted by Crippen LogP contribution is 2.28. The van der Waals surface area contributed by atoms with Gasteiger partial charge >= 0.3 is 0 Å². The molecule has 22 heavy (non-hydrogen) atoms. The highest BCUT2D eigenvalue weighted by atomic mass is 15.0. The molecule has 1 unspecified atom stereocenters. The van der Waals surface area contributed by atoms with Crippen molar-refractivity contribution in [2.24, 2.45) is 0 Å². The fourth-order valence-corrected chi connectivity index (χ4v) is 3.14. The van der Waals surface area contributed by atoms with Gasteiger partial charge in [-0.2, -0.15) is 0 Å². The normalized spacial score (nSPS) is 17.0. The highest BCUT2D eigenvalue weighted by Gasteiger charge is 2.22. The Morgan fingerprint density at radius 1 is 0.818 bits per heavy atom. The Labute approximate surface area is 130 Å². The topological polar surface area (TPSA) is 24.9 Å². The van der Waals surface area contributed by atoms with E-state index in [0.717, 1.165) is 13.0 Å². The van der Waals surface area contributed by atoms with Crippen molar-refractivity contribution < 1.29 is 0 Å². The average molecular weight is 286 g/mol. The molecule has 0 spiro atoms. The summed E-state index contributed by atoms with van der Waals surface area (Å²) >= 11 is 0. The second kappa shape index (κ2) is 5.74. The molecule has 1 atom stereocenters. The Hall–Kier alpha value is -2.45. The van der Waals surface area contributed by atoms with E-state index in [-0.39, 0.29) is 6.04 Å². The summed E-state index contributed by atoms with van der Waals surface area (Å²) in [5.74, 6) is 0. The van der Waals surface area contributed by atoms with E-state index in [2.05, 4.69) is 64.9 Å². The molecule has 1 aliphatic heterocycles. The molecule has 2 aromatic carbocycles. The van der Waals surface area contributed by atoms with Crippen molar-refractivity contribution in [2.75, 3.05) is 6.54 Å². The zero-order valence-electron chi connectivity index (χ0n) is 12.4. The number of fused-ring (bicyclic) bond motifs is 1. The molecular formula is C20H18N2. The SMILES string of the molecule is c1ccc(-c2ccc(C3NCCc4cccnc43)cc2)cc1. The lowest BCUT2D eigenvalue weighted by molar-refractivity contribution is 0.552. The summed E-state index contributed by atoms with van der Waals surface area (Å²) in [6.45, 7) is 1.00. The van der Waals surface area contributed by atoms with Gasteiger partial charge in [-0.15, -0.1) is 0 Å². The summed E-state index contributed by atoms with van der Waals surface area (Å²) in [7, 11) is 0. The molecule has 108 valence electrons. The Kier molecular flexibility index (Phi) is 3.45. The van der Waals surface area contributed by atoms with Gasteiger partial charge in [0.2, 0.25) is 0 Å². The van der Waals surface area contributed by atoms with E-state index in [9.17, 15) is 0 Å². The third-order valence-electron chi connectivity index (χ3n) is 4.29. The van der Waals surface area contributed by atoms with Crippen LogP contribution in [0.1, 0.15) is 22.9 Å². The van der Waals surface area contributed by atoms with Gasteiger partial charge in [0.25, 0.3) is 0 Å². The number of rotatable bonds is 2. The molecule has 0 saturated heterocycles. The van der Waals surface area contributed by atoms with Gasteiger partial charge in [-0.3, -0.25) is 4.98 Å². The number of nitrogens with one attached hydrogen (secondary N) is 1. The van der Waals surface area contributed by atoms with Crippen molar-refractivity contribution in [3.63, 3.8) is 0 Å². The van der Waals surface area contributed by atoms with E-state index in [1.54, 1.807) is 0 Å². The quantitative estimate of drug-likeness (QED) is 0.770. The van der Waals surface area contributed by atoms with Crippen LogP contribution < -0.4 is 5.32 Å². The Morgan fingerprint density at radius 3 is 2.41 bits per heavy atom. The van der Waals surface area contributed by atoms with Crippen LogP contribution in [0.15, 0.2) is 72.9 Å². The van der Waals surface area contributed by atoms with E-state index in [1.165, 1.54) is 27.9 Å². The lowest BCUT2D eigenvalue weighted by Crippen LogP contribution is -2.31. The van der Waals surface area contributed by atoms with Crippen LogP contribution in [0.4, 0.5) is 0 Å². The number of pyridine rings is 1. The van der Waals surface area contributed by atoms with E-state index in [4.69, 9.17) is 0 Å². The third kappa shape index (κ3) is 2.42. The smallest absolute Gasteiger partial charge is 0.0754 e. The summed E-state index contributed by atoms with van der Waals surface area (Å²) in [4.78, 5) is 4.60. The van der Waals surface area contributed by atoms with Crippen molar-refractivity contribution >= 4 is 0 Å². The summed E-state index contributed by atoms with van der Waals surface area (Å²) in [5, 5.41) is 3.59. The maximum absolute atomic E-state index is 4.60. The molecule has 0 bridgehead atoms. The van der Waals surface area contributed by atoms with Gasteiger partial charge in [0.05, 0.1) is 11.7 Å². The van der Waals surface area contributed by atoms with E-state index >= 15 is 0 Å². The largest absolute Gasteiger partial charge is 0.305 e. The maximum Gasteiger partial charge on any atom is 0.0754 e. The monoisotopic (exact) mass is 286 g/mol. The highest BCUT2D eigenvalue weighted by molar-refractivity contribution is 5.63. The minimum Gasteiger partial charge on any atom is -0.305 e. The average Bonchev–Trinajstić information content (AvgIpc) is 2.62. The molecule has 1 N–H and O–H groups in total. The van der Waals surface area contributed by atoms with Gasteiger partial charge < -0.3 is 5.32 Å². The summed E-state index contributed by atoms with van der Waals surface area (Å²) in [5.41, 5.74) is 6.31. The van der Waals surface area contributed by atoms with Crippen LogP contribution in [0.3, 0.4) is 0 Å². The van der Waals surface area contributed by atoms with E-state index in [1.807, 2.05) is 18.3 Å². The minimum atomic E-state index is 0.203. The van der Waals surface area contributed by atoms with E-state index < -0.39 is 0 Å². The zero-order chi connectivity index (χ0) is 14.8. The van der Waals surface area contributed by atoms with Gasteiger partial charge in [0.1, 0.15) is 0 Å². The predicted octanol–water partition coefficient (Wildman–Crippen LogP) is 3.98. The Balaban J connectivity index is 1.67. The molecule has 0 saturated carbocycles. The summed E-state index contributed by atoms with van der Waals surface area (Å²) in [6, 6.07) is 23.7. The maximum atomic E-state index is 4.60. The predicted molar refractivity (Wildman–Crippen MR) is 89.7 cm³/mol. The van der Waals surface area contributed by atoms with Gasteiger partial charge in [0.15, 0.2) is 0 Å². The lowest BCUT2D eigenvalue weighted by atomic mass is 9.93. The fraction of sp³-hybridized carbons (Fsp3) is 0.150. The first kappa shape index (κ1) is 13.2. The van der Waals surface area contributed by atoms with Crippen molar-refractivity contribution in [1.82, 2.24) is 10.3 Å². The molecule has 1 aliphatic rings. The standard InChI is InChI=1S/C20H18N2/c1-2-5-15(6-3-1)16-8-10-18(11-9-16)20-19-17(12-14-22-20)7-4-13-21-19/h1-11,13,20,22H,12,14H2. The van der Waals surface area contributed by atoms with Gasteiger partial charge in [-0.1, -0.05) is 60.7 Å². The van der Waals surface area contributed by atoms with Crippen LogP contribution in [0, 0.1) is 0 Å². The van der Waals surface area contributed by atoms with Crippen molar-refractivity contribution in [2.45, 2.75) is 12.5 Å². The first-order chi connectivity index (χ1) is 10.9. The number of nitrogens with zero attached hydrogens (tertiary/aromatic N) is 1. The summed E-state index contributed by atoms with van der Waals surface area (Å²) < 4.78 is 0. The molecule has 0 radical (unpaired) electrons. The van der Waals surface area contributed by atoms with Gasteiger partial charge in [0, 0.05) is 12.7 Å². The van der Waals surface area contributed by atoms with E-state index in [0.29, 0.717) is 0 Å². The number of aromatic nitrogens is 1. The van der Waals surface area contributed by atoms with Crippen molar-refractivity contribution in [3.05, 3.63) is 89.7 Å². The summed E-state index contributed by atoms with van der Waals surface area (Å²) in [6.07, 6.45) is 2.94. The zero-order valence-corrected chi connectivity index (χ0v) is 12.4. The number of hydrogen-bond donors (Lipinski definition) is 1. The van der Waals surface area contributed by atoms with Gasteiger partial charge in [-0.05, 0) is 34.7 Å². The van der Waals surface area contributed by atoms with Crippen LogP contribution >= 0.6 is 0 Å². The molecule has 0 fully saturated rings. The fourth-order valence-electron chi connectivity index (χ4n) is 3.14. The van der Waals surface area contributed by atoms with Crippen LogP contribution in [0.2, 0.25) is 0 Å². The molecule has 0 amide bonds.